The minimum absolute atomic E-state index is 0.0674. The van der Waals surface area contributed by atoms with Gasteiger partial charge in [-0.25, -0.2) is 0 Å². The lowest BCUT2D eigenvalue weighted by Gasteiger charge is -2.22. The molecule has 0 spiro atoms. The minimum atomic E-state index is -5.76. The molecule has 0 radical (unpaired) electrons. The Labute approximate surface area is 115 Å². The van der Waals surface area contributed by atoms with Crippen LogP contribution in [0, 0.1) is 5.92 Å². The summed E-state index contributed by atoms with van der Waals surface area (Å²) >= 11 is 0. The maximum absolute atomic E-state index is 12.6. The second-order valence-corrected chi connectivity index (χ2v) is 3.95. The molecule has 0 aliphatic heterocycles. The Balaban J connectivity index is 3.39. The highest BCUT2D eigenvalue weighted by atomic mass is 19.4. The summed E-state index contributed by atoms with van der Waals surface area (Å²) in [5.74, 6) is -6.74. The first-order chi connectivity index (χ1) is 9.52. The molecule has 9 heteroatoms. The van der Waals surface area contributed by atoms with Gasteiger partial charge in [0.2, 0.25) is 5.92 Å². The van der Waals surface area contributed by atoms with Gasteiger partial charge in [0.25, 0.3) is 0 Å². The van der Waals surface area contributed by atoms with Gasteiger partial charge in [0.05, 0.1) is 19.8 Å². The highest BCUT2D eigenvalue weighted by Crippen LogP contribution is 2.42. The standard InChI is InChI=1S/C12H10F6O3/c1-20-6-3-4-8(21-2)7(5-6)9(19)10(11(13,14)15)12(16,17)18/h3-5,10H,1-2H3. The highest BCUT2D eigenvalue weighted by Gasteiger charge is 2.61. The summed E-state index contributed by atoms with van der Waals surface area (Å²) < 4.78 is 84.7. The molecule has 0 bridgehead atoms. The lowest BCUT2D eigenvalue weighted by Crippen LogP contribution is -2.42. The van der Waals surface area contributed by atoms with Crippen molar-refractivity contribution in [1.29, 1.82) is 0 Å². The summed E-state index contributed by atoms with van der Waals surface area (Å²) in [5, 5.41) is 0. The number of ketones is 1. The van der Waals surface area contributed by atoms with Gasteiger partial charge in [0.1, 0.15) is 11.5 Å². The average Bonchev–Trinajstić information content (AvgIpc) is 2.34. The number of methoxy groups -OCH3 is 2. The number of hydrogen-bond donors (Lipinski definition) is 0. The summed E-state index contributed by atoms with van der Waals surface area (Å²) in [6.45, 7) is 0. The van der Waals surface area contributed by atoms with Crippen molar-refractivity contribution in [2.45, 2.75) is 12.4 Å². The zero-order chi connectivity index (χ0) is 16.4. The molecule has 0 saturated heterocycles. The van der Waals surface area contributed by atoms with Crippen LogP contribution in [-0.2, 0) is 0 Å². The first-order valence-electron chi connectivity index (χ1n) is 5.42. The summed E-state index contributed by atoms with van der Waals surface area (Å²) in [5.41, 5.74) is -0.850. The van der Waals surface area contributed by atoms with Crippen molar-refractivity contribution in [3.63, 3.8) is 0 Å². The van der Waals surface area contributed by atoms with Crippen LogP contribution in [0.5, 0.6) is 11.5 Å². The fraction of sp³-hybridized carbons (Fsp3) is 0.417. The monoisotopic (exact) mass is 316 g/mol. The molecule has 1 aromatic rings. The van der Waals surface area contributed by atoms with Crippen molar-refractivity contribution in [1.82, 2.24) is 0 Å². The van der Waals surface area contributed by atoms with Gasteiger partial charge in [-0.05, 0) is 18.2 Å². The van der Waals surface area contributed by atoms with E-state index in [-0.39, 0.29) is 5.75 Å². The predicted molar refractivity (Wildman–Crippen MR) is 59.5 cm³/mol. The fourth-order valence-electron chi connectivity index (χ4n) is 1.64. The predicted octanol–water partition coefficient (Wildman–Crippen LogP) is 3.63. The topological polar surface area (TPSA) is 35.5 Å². The largest absolute Gasteiger partial charge is 0.497 e. The molecule has 0 fully saturated rings. The number of halogens is 6. The van der Waals surface area contributed by atoms with Gasteiger partial charge < -0.3 is 9.47 Å². The molecule has 118 valence electrons. The van der Waals surface area contributed by atoms with Crippen LogP contribution in [0.25, 0.3) is 0 Å². The highest BCUT2D eigenvalue weighted by molar-refractivity contribution is 6.01. The van der Waals surface area contributed by atoms with Gasteiger partial charge >= 0.3 is 12.4 Å². The molecule has 0 atom stereocenters. The number of hydrogen-bond acceptors (Lipinski definition) is 3. The molecule has 0 saturated carbocycles. The Morgan fingerprint density at radius 2 is 1.52 bits per heavy atom. The molecule has 0 heterocycles. The maximum Gasteiger partial charge on any atom is 0.407 e. The van der Waals surface area contributed by atoms with Crippen molar-refractivity contribution in [2.75, 3.05) is 14.2 Å². The first-order valence-corrected chi connectivity index (χ1v) is 5.42. The van der Waals surface area contributed by atoms with Gasteiger partial charge in [-0.15, -0.1) is 0 Å². The second kappa shape index (κ2) is 5.82. The van der Waals surface area contributed by atoms with Crippen LogP contribution >= 0.6 is 0 Å². The smallest absolute Gasteiger partial charge is 0.407 e. The normalized spacial score (nSPS) is 12.4. The first kappa shape index (κ1) is 17.1. The van der Waals surface area contributed by atoms with Crippen LogP contribution < -0.4 is 9.47 Å². The Morgan fingerprint density at radius 1 is 1.00 bits per heavy atom. The minimum Gasteiger partial charge on any atom is -0.497 e. The van der Waals surface area contributed by atoms with E-state index < -0.39 is 35.4 Å². The molecular weight excluding hydrogens is 306 g/mol. The zero-order valence-corrected chi connectivity index (χ0v) is 10.8. The van der Waals surface area contributed by atoms with E-state index in [2.05, 4.69) is 9.47 Å². The van der Waals surface area contributed by atoms with E-state index in [1.54, 1.807) is 0 Å². The number of carbonyl (C=O) groups excluding carboxylic acids is 1. The molecule has 0 aliphatic carbocycles. The molecule has 0 unspecified atom stereocenters. The quantitative estimate of drug-likeness (QED) is 0.628. The van der Waals surface area contributed by atoms with Gasteiger partial charge in [-0.1, -0.05) is 0 Å². The number of alkyl halides is 6. The van der Waals surface area contributed by atoms with Gasteiger partial charge in [0.15, 0.2) is 5.78 Å². The SMILES string of the molecule is COc1ccc(OC)c(C(=O)C(C(F)(F)F)C(F)(F)F)c1. The van der Waals surface area contributed by atoms with Crippen molar-refractivity contribution >= 4 is 5.78 Å². The van der Waals surface area contributed by atoms with E-state index in [1.807, 2.05) is 0 Å². The van der Waals surface area contributed by atoms with Crippen LogP contribution in [0.2, 0.25) is 0 Å². The average molecular weight is 316 g/mol. The Morgan fingerprint density at radius 3 is 1.90 bits per heavy atom. The fourth-order valence-corrected chi connectivity index (χ4v) is 1.64. The maximum atomic E-state index is 12.6. The van der Waals surface area contributed by atoms with Crippen LogP contribution in [0.1, 0.15) is 10.4 Å². The van der Waals surface area contributed by atoms with Gasteiger partial charge in [-0.3, -0.25) is 4.79 Å². The molecular formula is C12H10F6O3. The van der Waals surface area contributed by atoms with E-state index in [9.17, 15) is 31.1 Å². The molecule has 3 nitrogen and oxygen atoms in total. The number of benzene rings is 1. The van der Waals surface area contributed by atoms with Gasteiger partial charge in [0, 0.05) is 0 Å². The van der Waals surface area contributed by atoms with Crippen LogP contribution in [0.3, 0.4) is 0 Å². The number of carbonyl (C=O) groups is 1. The van der Waals surface area contributed by atoms with Crippen molar-refractivity contribution < 1.29 is 40.6 Å². The number of ether oxygens (including phenoxy) is 2. The summed E-state index contributed by atoms with van der Waals surface area (Å²) in [7, 11) is 2.18. The third-order valence-corrected chi connectivity index (χ3v) is 2.59. The summed E-state index contributed by atoms with van der Waals surface area (Å²) in [6.07, 6.45) is -11.5. The Bertz CT molecular complexity index is 507. The van der Waals surface area contributed by atoms with E-state index in [0.717, 1.165) is 26.4 Å². The molecule has 0 N–H and O–H groups in total. The molecule has 1 rings (SSSR count). The summed E-state index contributed by atoms with van der Waals surface area (Å²) in [4.78, 5) is 11.7. The lowest BCUT2D eigenvalue weighted by atomic mass is 9.95. The van der Waals surface area contributed by atoms with Crippen LogP contribution in [-0.4, -0.2) is 32.4 Å². The van der Waals surface area contributed by atoms with Crippen LogP contribution in [0.4, 0.5) is 26.3 Å². The number of Topliss-reactive ketones (excluding diaryl/α,β-unsaturated/α-hetero) is 1. The van der Waals surface area contributed by atoms with E-state index >= 15 is 0 Å². The summed E-state index contributed by atoms with van der Waals surface area (Å²) in [6, 6.07) is 3.06. The zero-order valence-electron chi connectivity index (χ0n) is 10.8. The van der Waals surface area contributed by atoms with E-state index in [1.165, 1.54) is 6.07 Å². The number of rotatable bonds is 4. The third-order valence-electron chi connectivity index (χ3n) is 2.59. The Kier molecular flexibility index (Phi) is 4.75. The molecule has 1 aromatic carbocycles. The van der Waals surface area contributed by atoms with Crippen molar-refractivity contribution in [3.05, 3.63) is 23.8 Å². The second-order valence-electron chi connectivity index (χ2n) is 3.95. The van der Waals surface area contributed by atoms with Gasteiger partial charge in [-0.2, -0.15) is 26.3 Å². The molecule has 0 aliphatic rings. The van der Waals surface area contributed by atoms with E-state index in [0.29, 0.717) is 0 Å². The Hall–Kier alpha value is -1.93. The molecule has 21 heavy (non-hydrogen) atoms. The van der Waals surface area contributed by atoms with Crippen molar-refractivity contribution in [3.8, 4) is 11.5 Å². The third kappa shape index (κ3) is 3.79. The molecule has 0 aromatic heterocycles. The molecule has 0 amide bonds. The lowest BCUT2D eigenvalue weighted by molar-refractivity contribution is -0.264. The van der Waals surface area contributed by atoms with E-state index in [4.69, 9.17) is 0 Å². The van der Waals surface area contributed by atoms with Crippen molar-refractivity contribution in [2.24, 2.45) is 5.92 Å². The van der Waals surface area contributed by atoms with Crippen LogP contribution in [0.15, 0.2) is 18.2 Å².